The first kappa shape index (κ1) is 13.7. The van der Waals surface area contributed by atoms with Crippen molar-refractivity contribution in [3.05, 3.63) is 83.5 Å². The zero-order valence-corrected chi connectivity index (χ0v) is 12.1. The summed E-state index contributed by atoms with van der Waals surface area (Å²) < 4.78 is 5.76. The maximum atomic E-state index is 5.91. The molecule has 3 rings (SSSR count). The van der Waals surface area contributed by atoms with Crippen molar-refractivity contribution >= 4 is 11.6 Å². The molecule has 0 unspecified atom stereocenters. The fourth-order valence-electron chi connectivity index (χ4n) is 2.03. The van der Waals surface area contributed by atoms with Crippen LogP contribution in [0.25, 0.3) is 11.3 Å². The van der Waals surface area contributed by atoms with Crippen molar-refractivity contribution in [2.75, 3.05) is 0 Å². The molecule has 2 nitrogen and oxygen atoms in total. The van der Waals surface area contributed by atoms with Crippen LogP contribution in [0.3, 0.4) is 0 Å². The third-order valence-corrected chi connectivity index (χ3v) is 3.32. The van der Waals surface area contributed by atoms with Gasteiger partial charge in [-0.3, -0.25) is 0 Å². The fourth-order valence-corrected chi connectivity index (χ4v) is 2.20. The molecule has 0 aliphatic rings. The van der Waals surface area contributed by atoms with Gasteiger partial charge in [-0.05, 0) is 42.0 Å². The monoisotopic (exact) mass is 295 g/mol. The highest BCUT2D eigenvalue weighted by Gasteiger charge is 2.01. The Morgan fingerprint density at radius 1 is 0.810 bits per heavy atom. The molecule has 2 aromatic carbocycles. The maximum absolute atomic E-state index is 5.91. The summed E-state index contributed by atoms with van der Waals surface area (Å²) in [7, 11) is 0. The second-order valence-corrected chi connectivity index (χ2v) is 5.03. The molecule has 0 bridgehead atoms. The van der Waals surface area contributed by atoms with Crippen molar-refractivity contribution in [3.8, 4) is 17.0 Å². The molecule has 0 amide bonds. The van der Waals surface area contributed by atoms with E-state index in [2.05, 4.69) is 4.98 Å². The third kappa shape index (κ3) is 3.61. The van der Waals surface area contributed by atoms with Crippen LogP contribution >= 0.6 is 11.6 Å². The minimum absolute atomic E-state index is 0.497. The molecule has 0 atom stereocenters. The molecular formula is C18H14ClNO. The van der Waals surface area contributed by atoms with Gasteiger partial charge in [0, 0.05) is 5.56 Å². The van der Waals surface area contributed by atoms with Gasteiger partial charge in [-0.2, -0.15) is 0 Å². The van der Waals surface area contributed by atoms with Gasteiger partial charge in [0.1, 0.15) is 17.5 Å². The van der Waals surface area contributed by atoms with Gasteiger partial charge in [-0.1, -0.05) is 48.0 Å². The Hall–Kier alpha value is -2.32. The summed E-state index contributed by atoms with van der Waals surface area (Å²) in [4.78, 5) is 4.29. The molecule has 0 spiro atoms. The quantitative estimate of drug-likeness (QED) is 0.633. The van der Waals surface area contributed by atoms with Gasteiger partial charge in [0.05, 0.1) is 5.69 Å². The van der Waals surface area contributed by atoms with E-state index in [4.69, 9.17) is 16.3 Å². The average Bonchev–Trinajstić information content (AvgIpc) is 2.54. The van der Waals surface area contributed by atoms with Crippen LogP contribution in [0.1, 0.15) is 5.56 Å². The molecule has 0 saturated carbocycles. The van der Waals surface area contributed by atoms with E-state index in [0.717, 1.165) is 22.6 Å². The van der Waals surface area contributed by atoms with Crippen molar-refractivity contribution in [1.29, 1.82) is 0 Å². The molecule has 0 aliphatic carbocycles. The van der Waals surface area contributed by atoms with E-state index in [-0.39, 0.29) is 0 Å². The van der Waals surface area contributed by atoms with Crippen molar-refractivity contribution in [1.82, 2.24) is 4.98 Å². The van der Waals surface area contributed by atoms with Crippen LogP contribution in [0.4, 0.5) is 0 Å². The van der Waals surface area contributed by atoms with Gasteiger partial charge in [0.2, 0.25) is 0 Å². The van der Waals surface area contributed by atoms with Crippen LogP contribution in [0.15, 0.2) is 72.8 Å². The number of ether oxygens (including phenoxy) is 1. The highest BCUT2D eigenvalue weighted by Crippen LogP contribution is 2.22. The molecule has 0 saturated heterocycles. The number of pyridine rings is 1. The lowest BCUT2D eigenvalue weighted by atomic mass is 10.1. The second-order valence-electron chi connectivity index (χ2n) is 4.64. The van der Waals surface area contributed by atoms with Crippen LogP contribution in [0.2, 0.25) is 5.15 Å². The van der Waals surface area contributed by atoms with E-state index >= 15 is 0 Å². The third-order valence-electron chi connectivity index (χ3n) is 3.11. The van der Waals surface area contributed by atoms with E-state index in [1.54, 1.807) is 6.07 Å². The van der Waals surface area contributed by atoms with Crippen molar-refractivity contribution in [2.45, 2.75) is 6.61 Å². The predicted molar refractivity (Wildman–Crippen MR) is 85.5 cm³/mol. The molecule has 21 heavy (non-hydrogen) atoms. The first-order valence-corrected chi connectivity index (χ1v) is 7.09. The van der Waals surface area contributed by atoms with Crippen LogP contribution in [0.5, 0.6) is 5.75 Å². The highest BCUT2D eigenvalue weighted by molar-refractivity contribution is 6.29. The molecule has 3 aromatic rings. The topological polar surface area (TPSA) is 22.1 Å². The minimum Gasteiger partial charge on any atom is -0.489 e. The summed E-state index contributed by atoms with van der Waals surface area (Å²) in [5.41, 5.74) is 3.03. The number of rotatable bonds is 4. The molecule has 0 N–H and O–H groups in total. The van der Waals surface area contributed by atoms with Gasteiger partial charge >= 0.3 is 0 Å². The molecule has 3 heteroatoms. The Bertz CT molecular complexity index is 711. The smallest absolute Gasteiger partial charge is 0.129 e. The average molecular weight is 296 g/mol. The Morgan fingerprint density at radius 3 is 2.29 bits per heavy atom. The summed E-state index contributed by atoms with van der Waals surface area (Å²) in [6.45, 7) is 0.565. The van der Waals surface area contributed by atoms with Crippen molar-refractivity contribution in [2.24, 2.45) is 0 Å². The summed E-state index contributed by atoms with van der Waals surface area (Å²) in [5, 5.41) is 0.497. The first-order valence-electron chi connectivity index (χ1n) is 6.71. The van der Waals surface area contributed by atoms with E-state index in [1.807, 2.05) is 66.7 Å². The Morgan fingerprint density at radius 2 is 1.57 bits per heavy atom. The molecule has 1 heterocycles. The Labute approximate surface area is 129 Å². The number of halogens is 1. The SMILES string of the molecule is Clc1cccc(-c2ccc(OCc3ccccc3)cc2)n1. The second kappa shape index (κ2) is 6.42. The molecule has 0 radical (unpaired) electrons. The number of hydrogen-bond donors (Lipinski definition) is 0. The predicted octanol–water partition coefficient (Wildman–Crippen LogP) is 4.98. The number of benzene rings is 2. The van der Waals surface area contributed by atoms with E-state index in [9.17, 15) is 0 Å². The van der Waals surface area contributed by atoms with Crippen LogP contribution in [-0.2, 0) is 6.61 Å². The summed E-state index contributed by atoms with van der Waals surface area (Å²) in [6.07, 6.45) is 0. The largest absolute Gasteiger partial charge is 0.489 e. The minimum atomic E-state index is 0.497. The Kier molecular flexibility index (Phi) is 4.17. The van der Waals surface area contributed by atoms with Crippen molar-refractivity contribution < 1.29 is 4.74 Å². The molecule has 104 valence electrons. The zero-order chi connectivity index (χ0) is 14.5. The van der Waals surface area contributed by atoms with Gasteiger partial charge < -0.3 is 4.74 Å². The highest BCUT2D eigenvalue weighted by atomic mass is 35.5. The Balaban J connectivity index is 1.69. The lowest BCUT2D eigenvalue weighted by molar-refractivity contribution is 0.306. The molecule has 0 aliphatic heterocycles. The lowest BCUT2D eigenvalue weighted by Crippen LogP contribution is -1.94. The van der Waals surface area contributed by atoms with Crippen LogP contribution in [-0.4, -0.2) is 4.98 Å². The number of aromatic nitrogens is 1. The van der Waals surface area contributed by atoms with Gasteiger partial charge in [0.15, 0.2) is 0 Å². The summed E-state index contributed by atoms with van der Waals surface area (Å²) in [6, 6.07) is 23.6. The normalized spacial score (nSPS) is 10.3. The van der Waals surface area contributed by atoms with Crippen molar-refractivity contribution in [3.63, 3.8) is 0 Å². The van der Waals surface area contributed by atoms with Gasteiger partial charge in [-0.25, -0.2) is 4.98 Å². The molecular weight excluding hydrogens is 282 g/mol. The zero-order valence-electron chi connectivity index (χ0n) is 11.4. The van der Waals surface area contributed by atoms with Crippen LogP contribution < -0.4 is 4.74 Å². The number of hydrogen-bond acceptors (Lipinski definition) is 2. The fraction of sp³-hybridized carbons (Fsp3) is 0.0556. The number of nitrogens with zero attached hydrogens (tertiary/aromatic N) is 1. The first-order chi connectivity index (χ1) is 10.3. The molecule has 0 fully saturated rings. The summed E-state index contributed by atoms with van der Waals surface area (Å²) >= 11 is 5.91. The standard InChI is InChI=1S/C18H14ClNO/c19-18-8-4-7-17(20-18)15-9-11-16(12-10-15)21-13-14-5-2-1-3-6-14/h1-12H,13H2. The van der Waals surface area contributed by atoms with Gasteiger partial charge in [0.25, 0.3) is 0 Å². The maximum Gasteiger partial charge on any atom is 0.129 e. The van der Waals surface area contributed by atoms with E-state index < -0.39 is 0 Å². The van der Waals surface area contributed by atoms with E-state index in [0.29, 0.717) is 11.8 Å². The lowest BCUT2D eigenvalue weighted by Gasteiger charge is -2.07. The summed E-state index contributed by atoms with van der Waals surface area (Å²) in [5.74, 6) is 0.838. The molecule has 1 aromatic heterocycles. The van der Waals surface area contributed by atoms with Gasteiger partial charge in [-0.15, -0.1) is 0 Å². The van der Waals surface area contributed by atoms with E-state index in [1.165, 1.54) is 0 Å². The van der Waals surface area contributed by atoms with Crippen LogP contribution in [0, 0.1) is 0 Å².